The van der Waals surface area contributed by atoms with Gasteiger partial charge in [0.25, 0.3) is 0 Å². The van der Waals surface area contributed by atoms with E-state index in [-0.39, 0.29) is 18.5 Å². The lowest BCUT2D eigenvalue weighted by Gasteiger charge is -2.20. The van der Waals surface area contributed by atoms with Gasteiger partial charge in [-0.1, -0.05) is 436 Å². The smallest absolute Gasteiger partial charge is 0.305 e. The van der Waals surface area contributed by atoms with Crippen LogP contribution in [0.2, 0.25) is 0 Å². The third-order valence-electron chi connectivity index (χ3n) is 20.0. The number of aliphatic hydroxyl groups is 2. The van der Waals surface area contributed by atoms with Crippen LogP contribution in [-0.2, 0) is 14.3 Å². The lowest BCUT2D eigenvalue weighted by Crippen LogP contribution is -2.45. The van der Waals surface area contributed by atoms with Gasteiger partial charge in [0.15, 0.2) is 0 Å². The number of carbonyl (C=O) groups excluding carboxylic acids is 2. The highest BCUT2D eigenvalue weighted by atomic mass is 16.5. The Morgan fingerprint density at radius 3 is 0.780 bits per heavy atom. The molecule has 0 saturated carbocycles. The van der Waals surface area contributed by atoms with Crippen LogP contribution in [0.5, 0.6) is 0 Å². The fourth-order valence-corrected chi connectivity index (χ4v) is 13.6. The molecule has 0 heterocycles. The molecule has 540 valence electrons. The molecule has 2 unspecified atom stereocenters. The molecule has 0 aliphatic heterocycles. The second kappa shape index (κ2) is 80.8. The van der Waals surface area contributed by atoms with Crippen molar-refractivity contribution in [1.82, 2.24) is 5.32 Å². The molecule has 0 aliphatic rings. The van der Waals surface area contributed by atoms with E-state index in [0.29, 0.717) is 19.4 Å². The van der Waals surface area contributed by atoms with Crippen LogP contribution in [0.3, 0.4) is 0 Å². The van der Waals surface area contributed by atoms with E-state index in [9.17, 15) is 19.8 Å². The summed E-state index contributed by atoms with van der Waals surface area (Å²) in [5.74, 6) is -0.0378. The number of unbranched alkanes of at least 4 members (excludes halogenated alkanes) is 67. The Bertz CT molecular complexity index is 1430. The molecule has 0 fully saturated rings. The first-order valence-electron chi connectivity index (χ1n) is 42.1. The Balaban J connectivity index is 3.37. The van der Waals surface area contributed by atoms with Crippen LogP contribution in [0.15, 0.2) is 24.3 Å². The molecule has 91 heavy (non-hydrogen) atoms. The molecule has 0 aromatic rings. The van der Waals surface area contributed by atoms with Gasteiger partial charge in [-0.25, -0.2) is 0 Å². The molecule has 6 nitrogen and oxygen atoms in total. The minimum atomic E-state index is -0.845. The first-order valence-corrected chi connectivity index (χ1v) is 42.1. The van der Waals surface area contributed by atoms with E-state index in [1.54, 1.807) is 6.08 Å². The fourth-order valence-electron chi connectivity index (χ4n) is 13.6. The normalized spacial score (nSPS) is 12.5. The van der Waals surface area contributed by atoms with Crippen LogP contribution >= 0.6 is 0 Å². The Morgan fingerprint density at radius 1 is 0.297 bits per heavy atom. The van der Waals surface area contributed by atoms with Crippen molar-refractivity contribution >= 4 is 11.9 Å². The summed E-state index contributed by atoms with van der Waals surface area (Å²) in [6.07, 6.45) is 105. The van der Waals surface area contributed by atoms with Crippen LogP contribution in [0, 0.1) is 0 Å². The van der Waals surface area contributed by atoms with Crippen LogP contribution in [0.4, 0.5) is 0 Å². The van der Waals surface area contributed by atoms with Crippen LogP contribution in [0.25, 0.3) is 0 Å². The van der Waals surface area contributed by atoms with Crippen LogP contribution < -0.4 is 5.32 Å². The lowest BCUT2D eigenvalue weighted by molar-refractivity contribution is -0.143. The molecular weight excluding hydrogens is 1110 g/mol. The van der Waals surface area contributed by atoms with Crippen molar-refractivity contribution in [3.63, 3.8) is 0 Å². The van der Waals surface area contributed by atoms with Gasteiger partial charge in [-0.15, -0.1) is 0 Å². The maximum atomic E-state index is 12.6. The first-order chi connectivity index (χ1) is 45.0. The molecule has 2 atom stereocenters. The number of ether oxygens (including phenoxy) is 1. The summed E-state index contributed by atoms with van der Waals surface area (Å²) in [6.45, 7) is 4.97. The minimum absolute atomic E-state index is 0.0229. The van der Waals surface area contributed by atoms with Gasteiger partial charge in [0.05, 0.1) is 25.4 Å². The van der Waals surface area contributed by atoms with Gasteiger partial charge in [-0.05, 0) is 57.8 Å². The summed E-state index contributed by atoms with van der Waals surface area (Å²) < 4.78 is 5.52. The predicted octanol–water partition coefficient (Wildman–Crippen LogP) is 28.0. The van der Waals surface area contributed by atoms with Gasteiger partial charge < -0.3 is 20.3 Å². The fraction of sp³-hybridized carbons (Fsp3) is 0.929. The highest BCUT2D eigenvalue weighted by Gasteiger charge is 2.18. The Morgan fingerprint density at radius 2 is 0.516 bits per heavy atom. The Kier molecular flexibility index (Phi) is 79.3. The molecule has 0 rings (SSSR count). The third kappa shape index (κ3) is 77.2. The number of rotatable bonds is 80. The summed E-state index contributed by atoms with van der Waals surface area (Å²) in [4.78, 5) is 24.7. The molecule has 0 spiro atoms. The van der Waals surface area contributed by atoms with Crippen molar-refractivity contribution in [2.24, 2.45) is 0 Å². The number of esters is 1. The van der Waals surface area contributed by atoms with E-state index < -0.39 is 12.1 Å². The zero-order chi connectivity index (χ0) is 65.6. The SMILES string of the molecule is CCCCCCCCCCCCCCCCCCCCCCCCC/C=C/C(O)C(CO)NC(=O)CCCCCCCCCCCCCCCC/C=C\CCCCCCCCCCCCCCOC(=O)CCCCCCCCCCCCCCCCCCCCC. The van der Waals surface area contributed by atoms with E-state index >= 15 is 0 Å². The molecule has 1 amide bonds. The largest absolute Gasteiger partial charge is 0.466 e. The topological polar surface area (TPSA) is 95.9 Å². The average Bonchev–Trinajstić information content (AvgIpc) is 3.73. The Hall–Kier alpha value is -1.66. The maximum absolute atomic E-state index is 12.6. The number of amides is 1. The number of hydrogen-bond donors (Lipinski definition) is 3. The second-order valence-corrected chi connectivity index (χ2v) is 29.2. The third-order valence-corrected chi connectivity index (χ3v) is 20.0. The molecule has 0 saturated heterocycles. The lowest BCUT2D eigenvalue weighted by atomic mass is 10.0. The molecular formula is C85H165NO5. The summed E-state index contributed by atoms with van der Waals surface area (Å²) >= 11 is 0. The summed E-state index contributed by atoms with van der Waals surface area (Å²) in [6, 6.07) is -0.628. The van der Waals surface area contributed by atoms with Crippen LogP contribution in [0.1, 0.15) is 483 Å². The molecule has 3 N–H and O–H groups in total. The van der Waals surface area contributed by atoms with Gasteiger partial charge in [-0.3, -0.25) is 9.59 Å². The molecule has 0 radical (unpaired) electrons. The van der Waals surface area contributed by atoms with Gasteiger partial charge in [0.1, 0.15) is 0 Å². The number of allylic oxidation sites excluding steroid dienone is 3. The van der Waals surface area contributed by atoms with E-state index in [0.717, 1.165) is 38.5 Å². The van der Waals surface area contributed by atoms with Gasteiger partial charge in [-0.2, -0.15) is 0 Å². The van der Waals surface area contributed by atoms with Crippen molar-refractivity contribution in [2.45, 2.75) is 495 Å². The molecule has 6 heteroatoms. The summed E-state index contributed by atoms with van der Waals surface area (Å²) in [5, 5.41) is 23.3. The maximum Gasteiger partial charge on any atom is 0.305 e. The molecule has 0 aromatic heterocycles. The molecule has 0 aliphatic carbocycles. The number of aliphatic hydroxyl groups excluding tert-OH is 2. The van der Waals surface area contributed by atoms with E-state index in [1.807, 2.05) is 6.08 Å². The zero-order valence-corrected chi connectivity index (χ0v) is 62.1. The van der Waals surface area contributed by atoms with E-state index in [1.165, 1.54) is 417 Å². The minimum Gasteiger partial charge on any atom is -0.466 e. The highest BCUT2D eigenvalue weighted by Crippen LogP contribution is 2.20. The first kappa shape index (κ1) is 89.3. The monoisotopic (exact) mass is 1280 g/mol. The summed E-state index contributed by atoms with van der Waals surface area (Å²) in [5.41, 5.74) is 0. The zero-order valence-electron chi connectivity index (χ0n) is 62.1. The van der Waals surface area contributed by atoms with Gasteiger partial charge in [0.2, 0.25) is 5.91 Å². The highest BCUT2D eigenvalue weighted by molar-refractivity contribution is 5.76. The average molecular weight is 1280 g/mol. The number of nitrogens with one attached hydrogen (secondary N) is 1. The van der Waals surface area contributed by atoms with Crippen molar-refractivity contribution in [1.29, 1.82) is 0 Å². The number of hydrogen-bond acceptors (Lipinski definition) is 5. The Labute approximate surface area is 571 Å². The van der Waals surface area contributed by atoms with E-state index in [4.69, 9.17) is 4.74 Å². The van der Waals surface area contributed by atoms with Crippen molar-refractivity contribution in [3.8, 4) is 0 Å². The predicted molar refractivity (Wildman–Crippen MR) is 403 cm³/mol. The van der Waals surface area contributed by atoms with Crippen LogP contribution in [-0.4, -0.2) is 47.4 Å². The quantitative estimate of drug-likeness (QED) is 0.0320. The van der Waals surface area contributed by atoms with Crippen molar-refractivity contribution < 1.29 is 24.5 Å². The number of carbonyl (C=O) groups is 2. The second-order valence-electron chi connectivity index (χ2n) is 29.2. The van der Waals surface area contributed by atoms with Crippen molar-refractivity contribution in [2.75, 3.05) is 13.2 Å². The standard InChI is InChI=1S/C85H165NO5/c1-3-5-7-9-11-13-15-17-19-21-23-24-25-32-35-38-42-45-49-53-57-61-65-69-73-77-83(88)82(81-87)86-84(89)78-74-70-66-62-58-54-50-46-43-39-36-33-30-28-26-27-29-31-34-37-40-44-48-52-56-60-64-68-72-76-80-91-85(90)79-75-71-67-63-59-55-51-47-41-22-20-18-16-14-12-10-8-6-4-2/h27,29,73,77,82-83,87-88H,3-26,28,30-72,74-76,78-81H2,1-2H3,(H,86,89)/b29-27-,77-73+. The van der Waals surface area contributed by atoms with E-state index in [2.05, 4.69) is 31.3 Å². The van der Waals surface area contributed by atoms with Gasteiger partial charge >= 0.3 is 5.97 Å². The van der Waals surface area contributed by atoms with Gasteiger partial charge in [0, 0.05) is 12.8 Å². The molecule has 0 aromatic carbocycles. The van der Waals surface area contributed by atoms with Crippen molar-refractivity contribution in [3.05, 3.63) is 24.3 Å². The summed E-state index contributed by atoms with van der Waals surface area (Å²) in [7, 11) is 0. The molecule has 0 bridgehead atoms.